The fourth-order valence-corrected chi connectivity index (χ4v) is 3.88. The molecule has 2 rings (SSSR count). The van der Waals surface area contributed by atoms with Crippen molar-refractivity contribution in [2.24, 2.45) is 5.92 Å². The molecule has 0 atom stereocenters. The van der Waals surface area contributed by atoms with E-state index in [-0.39, 0.29) is 23.6 Å². The smallest absolute Gasteiger partial charge is 0.222 e. The molecule has 1 saturated heterocycles. The van der Waals surface area contributed by atoms with E-state index in [1.54, 1.807) is 19.1 Å². The van der Waals surface area contributed by atoms with Gasteiger partial charge in [-0.25, -0.2) is 8.42 Å². The Morgan fingerprint density at radius 3 is 2.43 bits per heavy atom. The number of benzene rings is 1. The van der Waals surface area contributed by atoms with Crippen LogP contribution in [0.15, 0.2) is 29.2 Å². The second kappa shape index (κ2) is 7.34. The van der Waals surface area contributed by atoms with E-state index in [0.29, 0.717) is 4.90 Å². The predicted octanol–water partition coefficient (Wildman–Crippen LogP) is 2.22. The van der Waals surface area contributed by atoms with Gasteiger partial charge in [-0.2, -0.15) is 0 Å². The molecule has 0 bridgehead atoms. The Hall–Kier alpha value is -1.56. The highest BCUT2D eigenvalue weighted by Crippen LogP contribution is 2.28. The van der Waals surface area contributed by atoms with Crippen LogP contribution in [0.2, 0.25) is 0 Å². The number of hydrogen-bond donors (Lipinski definition) is 1. The summed E-state index contributed by atoms with van der Waals surface area (Å²) in [5.41, 5.74) is 0.781. The topological polar surface area (TPSA) is 66.5 Å². The fraction of sp³-hybridized carbons (Fsp3) is 0.588. The Kier molecular flexibility index (Phi) is 5.68. The van der Waals surface area contributed by atoms with Gasteiger partial charge < -0.3 is 10.2 Å². The molecule has 5 nitrogen and oxygen atoms in total. The lowest BCUT2D eigenvalue weighted by atomic mass is 10.0. The van der Waals surface area contributed by atoms with Crippen molar-refractivity contribution in [1.82, 2.24) is 5.32 Å². The first-order valence-corrected chi connectivity index (χ1v) is 9.87. The largest absolute Gasteiger partial charge is 0.370 e. The summed E-state index contributed by atoms with van der Waals surface area (Å²) in [7, 11) is -3.23. The van der Waals surface area contributed by atoms with E-state index in [0.717, 1.165) is 31.6 Å². The third-order valence-electron chi connectivity index (χ3n) is 4.29. The molecule has 1 fully saturated rings. The average Bonchev–Trinajstić information content (AvgIpc) is 2.55. The van der Waals surface area contributed by atoms with E-state index in [4.69, 9.17) is 0 Å². The molecule has 128 valence electrons. The number of carbonyl (C=O) groups is 1. The zero-order valence-electron chi connectivity index (χ0n) is 14.1. The minimum absolute atomic E-state index is 0.0107. The summed E-state index contributed by atoms with van der Waals surface area (Å²) in [4.78, 5) is 14.3. The van der Waals surface area contributed by atoms with Crippen LogP contribution in [0.4, 0.5) is 5.69 Å². The number of para-hydroxylation sites is 1. The van der Waals surface area contributed by atoms with Gasteiger partial charge in [0.15, 0.2) is 9.84 Å². The molecular weight excluding hydrogens is 312 g/mol. The van der Waals surface area contributed by atoms with Crippen molar-refractivity contribution in [1.29, 1.82) is 0 Å². The minimum Gasteiger partial charge on any atom is -0.370 e. The Morgan fingerprint density at radius 1 is 1.26 bits per heavy atom. The van der Waals surface area contributed by atoms with Crippen molar-refractivity contribution in [3.05, 3.63) is 24.3 Å². The van der Waals surface area contributed by atoms with Crippen molar-refractivity contribution in [3.8, 4) is 0 Å². The average molecular weight is 338 g/mol. The molecule has 6 heteroatoms. The number of rotatable bonds is 5. The third-order valence-corrected chi connectivity index (χ3v) is 6.06. The highest BCUT2D eigenvalue weighted by Gasteiger charge is 2.25. The summed E-state index contributed by atoms with van der Waals surface area (Å²) in [5.74, 6) is 0.172. The first kappa shape index (κ1) is 17.8. The van der Waals surface area contributed by atoms with Crippen LogP contribution in [0.3, 0.4) is 0 Å². The van der Waals surface area contributed by atoms with Crippen LogP contribution in [-0.4, -0.2) is 39.2 Å². The number of sulfone groups is 1. The Bertz CT molecular complexity index is 648. The molecule has 1 aliphatic heterocycles. The standard InChI is InChI=1S/C17H26N2O3S/c1-4-23(21,22)16-8-6-5-7-15(16)19-11-9-14(10-12-19)18-17(20)13(2)3/h5-8,13-14H,4,9-12H2,1-3H3,(H,18,20). The maximum Gasteiger partial charge on any atom is 0.222 e. The lowest BCUT2D eigenvalue weighted by Crippen LogP contribution is -2.46. The number of amides is 1. The van der Waals surface area contributed by atoms with Crippen LogP contribution in [0.5, 0.6) is 0 Å². The summed E-state index contributed by atoms with van der Waals surface area (Å²) >= 11 is 0. The molecule has 0 radical (unpaired) electrons. The number of hydrogen-bond acceptors (Lipinski definition) is 4. The van der Waals surface area contributed by atoms with Crippen molar-refractivity contribution in [2.45, 2.75) is 44.6 Å². The van der Waals surface area contributed by atoms with Crippen molar-refractivity contribution >= 4 is 21.4 Å². The van der Waals surface area contributed by atoms with Gasteiger partial charge in [-0.05, 0) is 25.0 Å². The predicted molar refractivity (Wildman–Crippen MR) is 92.4 cm³/mol. The van der Waals surface area contributed by atoms with Crippen molar-refractivity contribution in [3.63, 3.8) is 0 Å². The summed E-state index contributed by atoms with van der Waals surface area (Å²) in [5, 5.41) is 3.06. The van der Waals surface area contributed by atoms with Gasteiger partial charge in [0.25, 0.3) is 0 Å². The first-order chi connectivity index (χ1) is 10.8. The van der Waals surface area contributed by atoms with E-state index >= 15 is 0 Å². The zero-order valence-corrected chi connectivity index (χ0v) is 14.9. The Morgan fingerprint density at radius 2 is 1.87 bits per heavy atom. The molecule has 0 saturated carbocycles. The fourth-order valence-electron chi connectivity index (χ4n) is 2.77. The lowest BCUT2D eigenvalue weighted by molar-refractivity contribution is -0.124. The number of anilines is 1. The maximum atomic E-state index is 12.3. The molecule has 1 amide bonds. The maximum absolute atomic E-state index is 12.3. The van der Waals surface area contributed by atoms with E-state index in [1.165, 1.54) is 0 Å². The van der Waals surface area contributed by atoms with Crippen LogP contribution in [-0.2, 0) is 14.6 Å². The van der Waals surface area contributed by atoms with Crippen LogP contribution < -0.4 is 10.2 Å². The highest BCUT2D eigenvalue weighted by molar-refractivity contribution is 7.91. The summed E-state index contributed by atoms with van der Waals surface area (Å²) in [6.07, 6.45) is 1.66. The number of carbonyl (C=O) groups excluding carboxylic acids is 1. The number of nitrogens with zero attached hydrogens (tertiary/aromatic N) is 1. The van der Waals surface area contributed by atoms with E-state index in [9.17, 15) is 13.2 Å². The van der Waals surface area contributed by atoms with Gasteiger partial charge in [-0.15, -0.1) is 0 Å². The molecule has 0 spiro atoms. The van der Waals surface area contributed by atoms with E-state index in [2.05, 4.69) is 10.2 Å². The normalized spacial score (nSPS) is 16.6. The minimum atomic E-state index is -3.23. The summed E-state index contributed by atoms with van der Waals surface area (Å²) in [6, 6.07) is 7.37. The SMILES string of the molecule is CCS(=O)(=O)c1ccccc1N1CCC(NC(=O)C(C)C)CC1. The molecule has 0 aromatic heterocycles. The highest BCUT2D eigenvalue weighted by atomic mass is 32.2. The molecule has 1 aliphatic rings. The monoisotopic (exact) mass is 338 g/mol. The molecule has 1 heterocycles. The van der Waals surface area contributed by atoms with Crippen LogP contribution in [0.1, 0.15) is 33.6 Å². The molecule has 1 aromatic carbocycles. The van der Waals surface area contributed by atoms with E-state index < -0.39 is 9.84 Å². The van der Waals surface area contributed by atoms with Crippen LogP contribution in [0, 0.1) is 5.92 Å². The Labute approximate surface area is 139 Å². The summed E-state index contributed by atoms with van der Waals surface area (Å²) < 4.78 is 24.5. The first-order valence-electron chi connectivity index (χ1n) is 8.22. The molecule has 1 N–H and O–H groups in total. The van der Waals surface area contributed by atoms with Gasteiger partial charge in [-0.3, -0.25) is 4.79 Å². The number of nitrogens with one attached hydrogen (secondary N) is 1. The van der Waals surface area contributed by atoms with Crippen LogP contribution in [0.25, 0.3) is 0 Å². The van der Waals surface area contributed by atoms with Crippen molar-refractivity contribution < 1.29 is 13.2 Å². The summed E-state index contributed by atoms with van der Waals surface area (Å²) in [6.45, 7) is 6.94. The van der Waals surface area contributed by atoms with Gasteiger partial charge in [0, 0.05) is 25.0 Å². The second-order valence-corrected chi connectivity index (χ2v) is 8.54. The van der Waals surface area contributed by atoms with Gasteiger partial charge in [0.2, 0.25) is 5.91 Å². The number of piperidine rings is 1. The van der Waals surface area contributed by atoms with Gasteiger partial charge in [0.05, 0.1) is 16.3 Å². The lowest BCUT2D eigenvalue weighted by Gasteiger charge is -2.35. The van der Waals surface area contributed by atoms with Crippen LogP contribution >= 0.6 is 0 Å². The van der Waals surface area contributed by atoms with Gasteiger partial charge in [-0.1, -0.05) is 32.9 Å². The molecule has 23 heavy (non-hydrogen) atoms. The second-order valence-electron chi connectivity index (χ2n) is 6.30. The molecular formula is C17H26N2O3S. The Balaban J connectivity index is 2.08. The zero-order chi connectivity index (χ0) is 17.0. The van der Waals surface area contributed by atoms with Gasteiger partial charge >= 0.3 is 0 Å². The quantitative estimate of drug-likeness (QED) is 0.894. The van der Waals surface area contributed by atoms with E-state index in [1.807, 2.05) is 26.0 Å². The molecule has 0 aliphatic carbocycles. The molecule has 1 aromatic rings. The molecule has 0 unspecified atom stereocenters. The van der Waals surface area contributed by atoms with Crippen molar-refractivity contribution in [2.75, 3.05) is 23.7 Å². The van der Waals surface area contributed by atoms with Gasteiger partial charge in [0.1, 0.15) is 0 Å². The third kappa shape index (κ3) is 4.25.